The highest BCUT2D eigenvalue weighted by atomic mass is 16.5. The van der Waals surface area contributed by atoms with E-state index in [-0.39, 0.29) is 5.91 Å². The number of nitrogens with one attached hydrogen (secondary N) is 2. The third kappa shape index (κ3) is 3.34. The van der Waals surface area contributed by atoms with Crippen molar-refractivity contribution in [3.8, 4) is 16.9 Å². The maximum Gasteiger partial charge on any atom is 0.252 e. The summed E-state index contributed by atoms with van der Waals surface area (Å²) in [6.07, 6.45) is 3.84. The van der Waals surface area contributed by atoms with Gasteiger partial charge in [0.05, 0.1) is 23.9 Å². The monoisotopic (exact) mass is 505 g/mol. The molecule has 7 nitrogen and oxygen atoms in total. The van der Waals surface area contributed by atoms with E-state index >= 15 is 0 Å². The summed E-state index contributed by atoms with van der Waals surface area (Å²) in [5.74, 6) is 1.33. The zero-order valence-corrected chi connectivity index (χ0v) is 22.2. The highest BCUT2D eigenvalue weighted by Gasteiger charge is 2.35. The molecule has 2 aliphatic rings. The Morgan fingerprint density at radius 3 is 2.61 bits per heavy atom. The predicted molar refractivity (Wildman–Crippen MR) is 151 cm³/mol. The SMILES string of the molecule is COc1ccc(Nc2ccc3c(c2)c2c4c(c5c(c2n3CC(C)C)CCc2nn(C)cc2-5)C(=O)NC4)cc1. The van der Waals surface area contributed by atoms with Crippen LogP contribution in [0.25, 0.3) is 32.9 Å². The van der Waals surface area contributed by atoms with Crippen LogP contribution >= 0.6 is 0 Å². The Morgan fingerprint density at radius 2 is 1.84 bits per heavy atom. The Labute approximate surface area is 221 Å². The fourth-order valence-corrected chi connectivity index (χ4v) is 6.39. The van der Waals surface area contributed by atoms with E-state index in [4.69, 9.17) is 9.84 Å². The van der Waals surface area contributed by atoms with Gasteiger partial charge in [-0.2, -0.15) is 5.10 Å². The molecule has 7 heteroatoms. The van der Waals surface area contributed by atoms with Gasteiger partial charge in [-0.25, -0.2) is 0 Å². The highest BCUT2D eigenvalue weighted by Crippen LogP contribution is 2.47. The summed E-state index contributed by atoms with van der Waals surface area (Å²) < 4.78 is 9.69. The van der Waals surface area contributed by atoms with E-state index in [1.54, 1.807) is 7.11 Å². The first-order valence-corrected chi connectivity index (χ1v) is 13.3. The van der Waals surface area contributed by atoms with Gasteiger partial charge in [-0.15, -0.1) is 0 Å². The van der Waals surface area contributed by atoms with Gasteiger partial charge in [0.15, 0.2) is 0 Å². The van der Waals surface area contributed by atoms with E-state index < -0.39 is 0 Å². The lowest BCUT2D eigenvalue weighted by molar-refractivity contribution is 0.0966. The molecule has 192 valence electrons. The highest BCUT2D eigenvalue weighted by molar-refractivity contribution is 6.20. The lowest BCUT2D eigenvalue weighted by Crippen LogP contribution is -2.15. The van der Waals surface area contributed by atoms with Gasteiger partial charge in [0.2, 0.25) is 0 Å². The quantitative estimate of drug-likeness (QED) is 0.310. The number of fused-ring (bicyclic) bond motifs is 10. The largest absolute Gasteiger partial charge is 0.497 e. The molecule has 0 fully saturated rings. The van der Waals surface area contributed by atoms with Crippen LogP contribution in [0.3, 0.4) is 0 Å². The Kier molecular flexibility index (Phi) is 5.05. The Hall–Kier alpha value is -4.26. The molecule has 0 saturated carbocycles. The van der Waals surface area contributed by atoms with Crippen molar-refractivity contribution < 1.29 is 9.53 Å². The number of hydrogen-bond donors (Lipinski definition) is 2. The molecule has 0 atom stereocenters. The van der Waals surface area contributed by atoms with Crippen molar-refractivity contribution in [2.75, 3.05) is 12.4 Å². The average molecular weight is 506 g/mol. The van der Waals surface area contributed by atoms with Gasteiger partial charge in [-0.3, -0.25) is 9.48 Å². The molecule has 2 N–H and O–H groups in total. The van der Waals surface area contributed by atoms with E-state index in [0.717, 1.165) is 64.5 Å². The van der Waals surface area contributed by atoms with Gasteiger partial charge in [0.1, 0.15) is 5.75 Å². The fraction of sp³-hybridized carbons (Fsp3) is 0.290. The molecular weight excluding hydrogens is 474 g/mol. The molecule has 0 saturated heterocycles. The second-order valence-electron chi connectivity index (χ2n) is 10.9. The fourth-order valence-electron chi connectivity index (χ4n) is 6.39. The lowest BCUT2D eigenvalue weighted by atomic mass is 9.82. The van der Waals surface area contributed by atoms with Crippen LogP contribution in [-0.4, -0.2) is 27.4 Å². The number of ether oxygens (including phenoxy) is 1. The van der Waals surface area contributed by atoms with Crippen molar-refractivity contribution >= 4 is 39.1 Å². The molecule has 38 heavy (non-hydrogen) atoms. The van der Waals surface area contributed by atoms with E-state index in [9.17, 15) is 4.79 Å². The maximum absolute atomic E-state index is 13.3. The predicted octanol–water partition coefficient (Wildman–Crippen LogP) is 5.95. The molecule has 0 radical (unpaired) electrons. The summed E-state index contributed by atoms with van der Waals surface area (Å²) in [6, 6.07) is 14.6. The maximum atomic E-state index is 13.3. The van der Waals surface area contributed by atoms with Crippen molar-refractivity contribution in [3.63, 3.8) is 0 Å². The van der Waals surface area contributed by atoms with Crippen molar-refractivity contribution in [1.29, 1.82) is 0 Å². The van der Waals surface area contributed by atoms with Crippen LogP contribution in [0.5, 0.6) is 5.75 Å². The second-order valence-corrected chi connectivity index (χ2v) is 10.9. The van der Waals surface area contributed by atoms with Crippen LogP contribution in [0.2, 0.25) is 0 Å². The van der Waals surface area contributed by atoms with E-state index in [2.05, 4.69) is 53.4 Å². The third-order valence-electron chi connectivity index (χ3n) is 7.87. The van der Waals surface area contributed by atoms with Crippen molar-refractivity contribution in [1.82, 2.24) is 19.7 Å². The normalized spacial score (nSPS) is 14.1. The van der Waals surface area contributed by atoms with Gasteiger partial charge in [0, 0.05) is 65.1 Å². The van der Waals surface area contributed by atoms with Crippen LogP contribution in [0.1, 0.15) is 41.0 Å². The summed E-state index contributed by atoms with van der Waals surface area (Å²) in [4.78, 5) is 13.3. The number of hydrogen-bond acceptors (Lipinski definition) is 4. The van der Waals surface area contributed by atoms with E-state index in [1.807, 2.05) is 36.0 Å². The van der Waals surface area contributed by atoms with Crippen LogP contribution in [0.4, 0.5) is 11.4 Å². The molecule has 1 aliphatic carbocycles. The zero-order valence-electron chi connectivity index (χ0n) is 22.2. The molecule has 1 amide bonds. The van der Waals surface area contributed by atoms with Gasteiger partial charge < -0.3 is 19.9 Å². The van der Waals surface area contributed by atoms with Gasteiger partial charge in [-0.1, -0.05) is 13.8 Å². The van der Waals surface area contributed by atoms with E-state index in [1.165, 1.54) is 27.4 Å². The van der Waals surface area contributed by atoms with Crippen molar-refractivity contribution in [2.45, 2.75) is 39.8 Å². The first-order chi connectivity index (χ1) is 18.4. The van der Waals surface area contributed by atoms with Crippen LogP contribution < -0.4 is 15.4 Å². The number of aromatic nitrogens is 3. The third-order valence-corrected chi connectivity index (χ3v) is 7.87. The smallest absolute Gasteiger partial charge is 0.252 e. The summed E-state index contributed by atoms with van der Waals surface area (Å²) in [7, 11) is 3.64. The Balaban J connectivity index is 1.51. The first-order valence-electron chi connectivity index (χ1n) is 13.3. The van der Waals surface area contributed by atoms with Crippen LogP contribution in [0, 0.1) is 5.92 Å². The number of benzene rings is 3. The minimum atomic E-state index is 0.0205. The van der Waals surface area contributed by atoms with Crippen molar-refractivity contribution in [2.24, 2.45) is 13.0 Å². The number of aryl methyl sites for hydroxylation is 3. The summed E-state index contributed by atoms with van der Waals surface area (Å²) in [5.41, 5.74) is 11.0. The molecule has 7 rings (SSSR count). The van der Waals surface area contributed by atoms with Crippen LogP contribution in [-0.2, 0) is 33.0 Å². The molecule has 0 spiro atoms. The number of anilines is 2. The van der Waals surface area contributed by atoms with Gasteiger partial charge in [0.25, 0.3) is 5.91 Å². The number of amides is 1. The summed E-state index contributed by atoms with van der Waals surface area (Å²) >= 11 is 0. The van der Waals surface area contributed by atoms with Gasteiger partial charge in [-0.05, 0) is 72.4 Å². The number of carbonyl (C=O) groups is 1. The standard InChI is InChI=1S/C31H31N5O2/c1-17(2)15-36-26-12-7-19(33-18-5-8-20(38-4)9-6-18)13-22(26)28-23-14-32-31(37)29(23)27-21(30(28)36)10-11-25-24(27)16-35(3)34-25/h5-9,12-13,16-17,33H,10-11,14-15H2,1-4H3,(H,32,37). The zero-order chi connectivity index (χ0) is 26.1. The second kappa shape index (κ2) is 8.38. The first kappa shape index (κ1) is 22.9. The average Bonchev–Trinajstić information content (AvgIpc) is 3.57. The number of rotatable bonds is 5. The molecule has 3 aromatic carbocycles. The van der Waals surface area contributed by atoms with Gasteiger partial charge >= 0.3 is 0 Å². The minimum Gasteiger partial charge on any atom is -0.497 e. The molecule has 0 bridgehead atoms. The van der Waals surface area contributed by atoms with Crippen molar-refractivity contribution in [3.05, 3.63) is 71.0 Å². The van der Waals surface area contributed by atoms with E-state index in [0.29, 0.717) is 12.5 Å². The number of carbonyl (C=O) groups excluding carboxylic acids is 1. The summed E-state index contributed by atoms with van der Waals surface area (Å²) in [5, 5.41) is 13.8. The molecule has 5 aromatic rings. The summed E-state index contributed by atoms with van der Waals surface area (Å²) in [6.45, 7) is 5.99. The Morgan fingerprint density at radius 1 is 1.05 bits per heavy atom. The van der Waals surface area contributed by atoms with Crippen LogP contribution in [0.15, 0.2) is 48.7 Å². The molecule has 2 aromatic heterocycles. The lowest BCUT2D eigenvalue weighted by Gasteiger charge is -2.22. The molecule has 3 heterocycles. The number of nitrogens with zero attached hydrogens (tertiary/aromatic N) is 3. The molecular formula is C31H31N5O2. The Bertz CT molecular complexity index is 1760. The minimum absolute atomic E-state index is 0.0205. The number of methoxy groups -OCH3 is 1. The molecule has 1 aliphatic heterocycles. The topological polar surface area (TPSA) is 73.1 Å². The molecule has 0 unspecified atom stereocenters.